The predicted octanol–water partition coefficient (Wildman–Crippen LogP) is 0.823. The Hall–Kier alpha value is -1.36. The molecule has 1 amide bonds. The summed E-state index contributed by atoms with van der Waals surface area (Å²) >= 11 is 5.90. The second kappa shape index (κ2) is 7.06. The predicted molar refractivity (Wildman–Crippen MR) is 66.6 cm³/mol. The number of aliphatic hydroxyl groups is 2. The minimum Gasteiger partial charge on any atom is -0.394 e. The zero-order valence-corrected chi connectivity index (χ0v) is 9.89. The lowest BCUT2D eigenvalue weighted by molar-refractivity contribution is -0.117. The molecule has 0 aromatic heterocycles. The molecule has 5 heteroatoms. The number of rotatable bonds is 5. The van der Waals surface area contributed by atoms with Crippen molar-refractivity contribution < 1.29 is 15.0 Å². The molecule has 1 unspecified atom stereocenters. The summed E-state index contributed by atoms with van der Waals surface area (Å²) in [6.45, 7) is -0.364. The number of carbonyl (C=O) groups is 1. The Kier molecular flexibility index (Phi) is 5.69. The fourth-order valence-electron chi connectivity index (χ4n) is 1.12. The van der Waals surface area contributed by atoms with Gasteiger partial charge in [0, 0.05) is 17.6 Å². The lowest BCUT2D eigenvalue weighted by atomic mass is 10.2. The van der Waals surface area contributed by atoms with E-state index in [-0.39, 0.29) is 19.1 Å². The van der Waals surface area contributed by atoms with Crippen LogP contribution in [0.1, 0.15) is 5.56 Å². The van der Waals surface area contributed by atoms with Crippen LogP contribution < -0.4 is 5.32 Å². The van der Waals surface area contributed by atoms with E-state index in [1.54, 1.807) is 24.3 Å². The second-order valence-electron chi connectivity index (χ2n) is 3.44. The highest BCUT2D eigenvalue weighted by Crippen LogP contribution is 2.15. The fourth-order valence-corrected chi connectivity index (χ4v) is 1.32. The molecule has 1 atom stereocenters. The Morgan fingerprint density at radius 2 is 2.18 bits per heavy atom. The Morgan fingerprint density at radius 1 is 1.47 bits per heavy atom. The van der Waals surface area contributed by atoms with Gasteiger partial charge in [0.15, 0.2) is 0 Å². The van der Waals surface area contributed by atoms with Gasteiger partial charge in [-0.2, -0.15) is 0 Å². The fraction of sp³-hybridized carbons (Fsp3) is 0.250. The molecule has 4 nitrogen and oxygen atoms in total. The van der Waals surface area contributed by atoms with Crippen molar-refractivity contribution in [3.05, 3.63) is 40.9 Å². The average Bonchev–Trinajstić information content (AvgIpc) is 2.35. The molecule has 0 fully saturated rings. The molecule has 17 heavy (non-hydrogen) atoms. The van der Waals surface area contributed by atoms with Crippen LogP contribution in [0.15, 0.2) is 30.3 Å². The summed E-state index contributed by atoms with van der Waals surface area (Å²) in [7, 11) is 0. The zero-order valence-electron chi connectivity index (χ0n) is 9.14. The van der Waals surface area contributed by atoms with Crippen molar-refractivity contribution in [3.63, 3.8) is 0 Å². The van der Waals surface area contributed by atoms with Crippen LogP contribution in [0.25, 0.3) is 6.08 Å². The number of aliphatic hydroxyl groups excluding tert-OH is 2. The summed E-state index contributed by atoms with van der Waals surface area (Å²) in [5.41, 5.74) is 0.743. The zero-order chi connectivity index (χ0) is 12.7. The first kappa shape index (κ1) is 13.7. The number of hydrogen-bond acceptors (Lipinski definition) is 3. The third-order valence-corrected chi connectivity index (χ3v) is 2.39. The van der Waals surface area contributed by atoms with Crippen LogP contribution in [0.3, 0.4) is 0 Å². The molecular weight excluding hydrogens is 242 g/mol. The van der Waals surface area contributed by atoms with E-state index in [1.807, 2.05) is 6.07 Å². The van der Waals surface area contributed by atoms with E-state index in [9.17, 15) is 4.79 Å². The van der Waals surface area contributed by atoms with Crippen LogP contribution in [-0.2, 0) is 4.79 Å². The van der Waals surface area contributed by atoms with Crippen LogP contribution in [0, 0.1) is 0 Å². The van der Waals surface area contributed by atoms with Crippen LogP contribution in [0.2, 0.25) is 5.02 Å². The summed E-state index contributed by atoms with van der Waals surface area (Å²) in [6.07, 6.45) is 1.97. The van der Waals surface area contributed by atoms with E-state index in [4.69, 9.17) is 21.8 Å². The smallest absolute Gasteiger partial charge is 0.244 e. The lowest BCUT2D eigenvalue weighted by Gasteiger charge is -2.06. The molecule has 3 N–H and O–H groups in total. The van der Waals surface area contributed by atoms with Gasteiger partial charge in [0.2, 0.25) is 5.91 Å². The number of amides is 1. The van der Waals surface area contributed by atoms with Crippen LogP contribution in [-0.4, -0.2) is 35.4 Å². The Bertz CT molecular complexity index is 406. The molecule has 0 aliphatic rings. The molecule has 0 spiro atoms. The number of carbonyl (C=O) groups excluding carboxylic acids is 1. The van der Waals surface area contributed by atoms with Gasteiger partial charge in [-0.25, -0.2) is 0 Å². The van der Waals surface area contributed by atoms with E-state index in [0.29, 0.717) is 5.02 Å². The summed E-state index contributed by atoms with van der Waals surface area (Å²) in [5, 5.41) is 20.6. The molecule has 0 saturated heterocycles. The van der Waals surface area contributed by atoms with Crippen molar-refractivity contribution in [1.29, 1.82) is 0 Å². The van der Waals surface area contributed by atoms with Gasteiger partial charge in [0.1, 0.15) is 0 Å². The Labute approximate surface area is 105 Å². The van der Waals surface area contributed by atoms with Crippen molar-refractivity contribution in [3.8, 4) is 0 Å². The number of hydrogen-bond donors (Lipinski definition) is 3. The van der Waals surface area contributed by atoms with Gasteiger partial charge in [0.25, 0.3) is 0 Å². The van der Waals surface area contributed by atoms with Crippen LogP contribution in [0.5, 0.6) is 0 Å². The molecule has 1 rings (SSSR count). The van der Waals surface area contributed by atoms with Gasteiger partial charge in [-0.1, -0.05) is 29.8 Å². The van der Waals surface area contributed by atoms with Gasteiger partial charge in [0.05, 0.1) is 12.7 Å². The highest BCUT2D eigenvalue weighted by molar-refractivity contribution is 6.32. The van der Waals surface area contributed by atoms with Gasteiger partial charge in [-0.15, -0.1) is 0 Å². The largest absolute Gasteiger partial charge is 0.394 e. The summed E-state index contributed by atoms with van der Waals surface area (Å²) in [4.78, 5) is 11.3. The molecule has 0 aliphatic carbocycles. The van der Waals surface area contributed by atoms with Crippen molar-refractivity contribution in [1.82, 2.24) is 5.32 Å². The van der Waals surface area contributed by atoms with Crippen molar-refractivity contribution in [2.45, 2.75) is 6.10 Å². The topological polar surface area (TPSA) is 69.6 Å². The molecule has 0 aliphatic heterocycles. The van der Waals surface area contributed by atoms with Gasteiger partial charge in [-0.05, 0) is 17.7 Å². The molecule has 0 radical (unpaired) electrons. The molecule has 92 valence electrons. The summed E-state index contributed by atoms with van der Waals surface area (Å²) in [6, 6.07) is 7.14. The first-order valence-corrected chi connectivity index (χ1v) is 5.50. The molecular formula is C12H14ClNO3. The number of benzene rings is 1. The number of halogens is 1. The third kappa shape index (κ3) is 4.99. The minimum atomic E-state index is -0.937. The van der Waals surface area contributed by atoms with Crippen LogP contribution in [0.4, 0.5) is 0 Å². The minimum absolute atomic E-state index is 0.0161. The van der Waals surface area contributed by atoms with E-state index in [1.165, 1.54) is 6.08 Å². The van der Waals surface area contributed by atoms with Crippen molar-refractivity contribution in [2.24, 2.45) is 0 Å². The first-order chi connectivity index (χ1) is 8.13. The average molecular weight is 256 g/mol. The van der Waals surface area contributed by atoms with Crippen LogP contribution >= 0.6 is 11.6 Å². The SMILES string of the molecule is O=C(/C=C/c1ccccc1Cl)NCC(O)CO. The number of nitrogens with one attached hydrogen (secondary N) is 1. The molecule has 1 aromatic carbocycles. The molecule has 0 heterocycles. The van der Waals surface area contributed by atoms with Gasteiger partial charge in [-0.3, -0.25) is 4.79 Å². The summed E-state index contributed by atoms with van der Waals surface area (Å²) in [5.74, 6) is -0.350. The molecule has 0 bridgehead atoms. The Balaban J connectivity index is 2.49. The maximum absolute atomic E-state index is 11.3. The molecule has 1 aromatic rings. The highest BCUT2D eigenvalue weighted by Gasteiger charge is 2.03. The molecule has 0 saturated carbocycles. The second-order valence-corrected chi connectivity index (χ2v) is 3.84. The maximum atomic E-state index is 11.3. The van der Waals surface area contributed by atoms with E-state index >= 15 is 0 Å². The monoisotopic (exact) mass is 255 g/mol. The summed E-state index contributed by atoms with van der Waals surface area (Å²) < 4.78 is 0. The van der Waals surface area contributed by atoms with Gasteiger partial charge < -0.3 is 15.5 Å². The lowest BCUT2D eigenvalue weighted by Crippen LogP contribution is -2.32. The standard InChI is InChI=1S/C12H14ClNO3/c13-11-4-2-1-3-9(11)5-6-12(17)14-7-10(16)8-15/h1-6,10,15-16H,7-8H2,(H,14,17)/b6-5+. The third-order valence-electron chi connectivity index (χ3n) is 2.04. The maximum Gasteiger partial charge on any atom is 0.244 e. The first-order valence-electron chi connectivity index (χ1n) is 5.13. The Morgan fingerprint density at radius 3 is 2.82 bits per heavy atom. The van der Waals surface area contributed by atoms with Crippen molar-refractivity contribution in [2.75, 3.05) is 13.2 Å². The highest BCUT2D eigenvalue weighted by atomic mass is 35.5. The van der Waals surface area contributed by atoms with E-state index in [2.05, 4.69) is 5.32 Å². The van der Waals surface area contributed by atoms with E-state index < -0.39 is 6.10 Å². The van der Waals surface area contributed by atoms with Gasteiger partial charge >= 0.3 is 0 Å². The van der Waals surface area contributed by atoms with E-state index in [0.717, 1.165) is 5.56 Å². The quantitative estimate of drug-likeness (QED) is 0.683. The normalized spacial score (nSPS) is 12.6. The van der Waals surface area contributed by atoms with Crippen molar-refractivity contribution >= 4 is 23.6 Å².